The van der Waals surface area contributed by atoms with E-state index in [1.165, 1.54) is 11.5 Å². The zero-order valence-electron chi connectivity index (χ0n) is 13.3. The van der Waals surface area contributed by atoms with Gasteiger partial charge in [0.2, 0.25) is 5.95 Å². The van der Waals surface area contributed by atoms with Gasteiger partial charge in [0.25, 0.3) is 0 Å². The number of fused-ring (bicyclic) bond motifs is 3. The highest BCUT2D eigenvalue weighted by Gasteiger charge is 2.35. The Balaban J connectivity index is 1.97. The fraction of sp³-hybridized carbons (Fsp3) is 0.235. The first-order valence-corrected chi connectivity index (χ1v) is 8.55. The highest BCUT2D eigenvalue weighted by atomic mass is 32.1. The molecule has 0 radical (unpaired) electrons. The molecule has 2 aromatic heterocycles. The molecule has 1 aromatic carbocycles. The van der Waals surface area contributed by atoms with Gasteiger partial charge in [-0.15, -0.1) is 0 Å². The lowest BCUT2D eigenvalue weighted by Crippen LogP contribution is -2.28. The Hall–Kier alpha value is -2.67. The van der Waals surface area contributed by atoms with Crippen molar-refractivity contribution in [3.8, 4) is 0 Å². The third kappa shape index (κ3) is 2.20. The van der Waals surface area contributed by atoms with Crippen LogP contribution in [-0.4, -0.2) is 26.5 Å². The fourth-order valence-electron chi connectivity index (χ4n) is 3.10. The average Bonchev–Trinajstić information content (AvgIpc) is 3.21. The Labute approximate surface area is 142 Å². The zero-order valence-corrected chi connectivity index (χ0v) is 14.1. The van der Waals surface area contributed by atoms with Crippen molar-refractivity contribution in [2.75, 3.05) is 11.9 Å². The maximum Gasteiger partial charge on any atom is 0.338 e. The number of ether oxygens (including phenoxy) is 1. The number of para-hydroxylation sites is 2. The van der Waals surface area contributed by atoms with E-state index in [0.29, 0.717) is 12.2 Å². The summed E-state index contributed by atoms with van der Waals surface area (Å²) < 4.78 is 11.5. The first-order valence-electron chi connectivity index (χ1n) is 7.72. The summed E-state index contributed by atoms with van der Waals surface area (Å²) in [6.07, 6.45) is 1.80. The molecule has 3 aromatic rings. The number of allylic oxidation sites excluding steroid dienone is 1. The second-order valence-corrected chi connectivity index (χ2v) is 6.20. The summed E-state index contributed by atoms with van der Waals surface area (Å²) in [6.45, 7) is 4.02. The fourth-order valence-corrected chi connectivity index (χ4v) is 3.66. The van der Waals surface area contributed by atoms with E-state index in [1.54, 1.807) is 6.20 Å². The topological polar surface area (TPSA) is 69.0 Å². The molecule has 1 aliphatic heterocycles. The van der Waals surface area contributed by atoms with Crippen LogP contribution in [0.15, 0.2) is 47.1 Å². The van der Waals surface area contributed by atoms with Gasteiger partial charge in [-0.05, 0) is 37.5 Å². The third-order valence-corrected chi connectivity index (χ3v) is 4.70. The second-order valence-electron chi connectivity index (χ2n) is 5.54. The third-order valence-electron chi connectivity index (χ3n) is 4.09. The molecular formula is C17H16N4O2S. The highest BCUT2D eigenvalue weighted by Crippen LogP contribution is 2.39. The minimum Gasteiger partial charge on any atom is -0.463 e. The van der Waals surface area contributed by atoms with E-state index in [9.17, 15) is 4.79 Å². The van der Waals surface area contributed by atoms with Gasteiger partial charge in [0.05, 0.1) is 29.3 Å². The van der Waals surface area contributed by atoms with Crippen molar-refractivity contribution < 1.29 is 9.53 Å². The largest absolute Gasteiger partial charge is 0.463 e. The molecule has 7 heteroatoms. The van der Waals surface area contributed by atoms with Crippen LogP contribution < -0.4 is 5.32 Å². The van der Waals surface area contributed by atoms with Crippen molar-refractivity contribution in [2.24, 2.45) is 0 Å². The molecule has 0 saturated heterocycles. The van der Waals surface area contributed by atoms with Gasteiger partial charge in [-0.25, -0.2) is 14.2 Å². The predicted octanol–water partition coefficient (Wildman–Crippen LogP) is 3.34. The lowest BCUT2D eigenvalue weighted by molar-refractivity contribution is -0.139. The minimum atomic E-state index is -0.317. The van der Waals surface area contributed by atoms with Gasteiger partial charge in [0, 0.05) is 22.8 Å². The number of hydrogen-bond acceptors (Lipinski definition) is 6. The van der Waals surface area contributed by atoms with Crippen LogP contribution in [0.25, 0.3) is 11.0 Å². The molecule has 24 heavy (non-hydrogen) atoms. The summed E-state index contributed by atoms with van der Waals surface area (Å²) in [5.74, 6) is 0.403. The molecule has 6 nitrogen and oxygen atoms in total. The number of carbonyl (C=O) groups excluding carboxylic acids is 1. The summed E-state index contributed by atoms with van der Waals surface area (Å²) in [5.41, 5.74) is 4.14. The molecule has 0 amide bonds. The Bertz CT molecular complexity index is 943. The Morgan fingerprint density at radius 3 is 3.00 bits per heavy atom. The van der Waals surface area contributed by atoms with E-state index in [4.69, 9.17) is 4.74 Å². The van der Waals surface area contributed by atoms with Crippen LogP contribution in [0, 0.1) is 0 Å². The molecule has 0 aliphatic carbocycles. The van der Waals surface area contributed by atoms with Crippen LogP contribution in [0.4, 0.5) is 5.95 Å². The van der Waals surface area contributed by atoms with Gasteiger partial charge >= 0.3 is 5.97 Å². The molecule has 3 heterocycles. The number of benzene rings is 1. The Morgan fingerprint density at radius 2 is 2.25 bits per heavy atom. The Morgan fingerprint density at radius 1 is 1.42 bits per heavy atom. The molecule has 1 unspecified atom stereocenters. The Kier molecular flexibility index (Phi) is 3.57. The normalized spacial score (nSPS) is 16.8. The van der Waals surface area contributed by atoms with E-state index in [-0.39, 0.29) is 12.0 Å². The van der Waals surface area contributed by atoms with Crippen molar-refractivity contribution in [3.05, 3.63) is 52.7 Å². The smallest absolute Gasteiger partial charge is 0.338 e. The van der Waals surface area contributed by atoms with Crippen molar-refractivity contribution in [2.45, 2.75) is 19.9 Å². The molecule has 0 fully saturated rings. The summed E-state index contributed by atoms with van der Waals surface area (Å²) in [4.78, 5) is 17.3. The minimum absolute atomic E-state index is 0.300. The van der Waals surface area contributed by atoms with Gasteiger partial charge < -0.3 is 10.1 Å². The van der Waals surface area contributed by atoms with E-state index in [0.717, 1.165) is 28.2 Å². The van der Waals surface area contributed by atoms with Gasteiger partial charge in [-0.3, -0.25) is 4.57 Å². The summed E-state index contributed by atoms with van der Waals surface area (Å²) in [6, 6.07) is 7.59. The maximum atomic E-state index is 12.6. The number of carbonyl (C=O) groups is 1. The van der Waals surface area contributed by atoms with Gasteiger partial charge in [0.15, 0.2) is 0 Å². The monoisotopic (exact) mass is 340 g/mol. The first kappa shape index (κ1) is 14.9. The maximum absolute atomic E-state index is 12.6. The standard InChI is InChI=1S/C17H16N4O2S/c1-3-23-16(22)14-10(2)19-17-20-12-6-4-5-7-13(12)21(17)15(14)11-8-18-24-9-11/h4-9,15H,3H2,1-2H3,(H,19,20). The first-order chi connectivity index (χ1) is 11.7. The number of nitrogens with one attached hydrogen (secondary N) is 1. The molecule has 1 N–H and O–H groups in total. The summed E-state index contributed by atoms with van der Waals surface area (Å²) in [7, 11) is 0. The average molecular weight is 340 g/mol. The molecule has 0 saturated carbocycles. The number of imidazole rings is 1. The van der Waals surface area contributed by atoms with Crippen molar-refractivity contribution in [1.82, 2.24) is 13.9 Å². The van der Waals surface area contributed by atoms with Gasteiger partial charge in [-0.1, -0.05) is 12.1 Å². The van der Waals surface area contributed by atoms with Crippen LogP contribution in [0.2, 0.25) is 0 Å². The number of anilines is 1. The van der Waals surface area contributed by atoms with Crippen LogP contribution in [0.3, 0.4) is 0 Å². The van der Waals surface area contributed by atoms with Crippen molar-refractivity contribution in [1.29, 1.82) is 0 Å². The van der Waals surface area contributed by atoms with Crippen LogP contribution in [0.1, 0.15) is 25.5 Å². The number of nitrogens with zero attached hydrogens (tertiary/aromatic N) is 3. The quantitative estimate of drug-likeness (QED) is 0.741. The van der Waals surface area contributed by atoms with Gasteiger partial charge in [0.1, 0.15) is 0 Å². The second kappa shape index (κ2) is 5.76. The van der Waals surface area contributed by atoms with Crippen LogP contribution in [-0.2, 0) is 9.53 Å². The highest BCUT2D eigenvalue weighted by molar-refractivity contribution is 7.03. The molecule has 122 valence electrons. The zero-order chi connectivity index (χ0) is 16.7. The molecule has 1 atom stereocenters. The molecular weight excluding hydrogens is 324 g/mol. The number of hydrogen-bond donors (Lipinski definition) is 1. The number of rotatable bonds is 3. The summed E-state index contributed by atoms with van der Waals surface area (Å²) in [5, 5.41) is 5.20. The molecule has 0 bridgehead atoms. The van der Waals surface area contributed by atoms with Crippen LogP contribution >= 0.6 is 11.5 Å². The number of esters is 1. The van der Waals surface area contributed by atoms with E-state index in [2.05, 4.69) is 14.7 Å². The van der Waals surface area contributed by atoms with E-state index < -0.39 is 0 Å². The van der Waals surface area contributed by atoms with Crippen molar-refractivity contribution >= 4 is 34.5 Å². The molecule has 0 spiro atoms. The van der Waals surface area contributed by atoms with Crippen molar-refractivity contribution in [3.63, 3.8) is 0 Å². The SMILES string of the molecule is CCOC(=O)C1=C(C)Nc2nc3ccccc3n2C1c1cnsc1. The lowest BCUT2D eigenvalue weighted by atomic mass is 9.98. The van der Waals surface area contributed by atoms with E-state index in [1.807, 2.05) is 48.1 Å². The van der Waals surface area contributed by atoms with Crippen LogP contribution in [0.5, 0.6) is 0 Å². The predicted molar refractivity (Wildman–Crippen MR) is 92.9 cm³/mol. The summed E-state index contributed by atoms with van der Waals surface area (Å²) >= 11 is 1.37. The molecule has 1 aliphatic rings. The van der Waals surface area contributed by atoms with Gasteiger partial charge in [-0.2, -0.15) is 0 Å². The number of aromatic nitrogens is 3. The lowest BCUT2D eigenvalue weighted by Gasteiger charge is -2.29. The van der Waals surface area contributed by atoms with E-state index >= 15 is 0 Å². The molecule has 4 rings (SSSR count).